The van der Waals surface area contributed by atoms with E-state index in [1.807, 2.05) is 0 Å². The van der Waals surface area contributed by atoms with Gasteiger partial charge in [-0.15, -0.1) is 0 Å². The largest absolute Gasteiger partial charge is 0.380 e. The Morgan fingerprint density at radius 3 is 2.71 bits per heavy atom. The van der Waals surface area contributed by atoms with Crippen molar-refractivity contribution in [2.75, 3.05) is 12.3 Å². The van der Waals surface area contributed by atoms with Gasteiger partial charge in [-0.1, -0.05) is 6.07 Å². The first-order valence-corrected chi connectivity index (χ1v) is 10.0. The Labute approximate surface area is 159 Å². The number of aromatic nitrogens is 2. The van der Waals surface area contributed by atoms with Crippen molar-refractivity contribution in [3.63, 3.8) is 0 Å². The molecule has 0 unspecified atom stereocenters. The number of carbonyl (C=O) groups is 3. The lowest BCUT2D eigenvalue weighted by Crippen LogP contribution is -2.41. The SMILES string of the molecule is O=C(NCc1ccccn1)c1ccc2c(n1)C(=O)C1=C(C2=O)S(=O)(=O)CCN1. The maximum atomic E-state index is 12.7. The Balaban J connectivity index is 1.64. The first-order valence-electron chi connectivity index (χ1n) is 8.38. The molecular formula is C18H14N4O5S. The van der Waals surface area contributed by atoms with E-state index >= 15 is 0 Å². The van der Waals surface area contributed by atoms with Crippen molar-refractivity contribution < 1.29 is 22.8 Å². The topological polar surface area (TPSA) is 135 Å². The van der Waals surface area contributed by atoms with Crippen molar-refractivity contribution in [2.24, 2.45) is 0 Å². The minimum absolute atomic E-state index is 0.0276. The summed E-state index contributed by atoms with van der Waals surface area (Å²) in [5.41, 5.74) is -0.0524. The molecule has 0 fully saturated rings. The van der Waals surface area contributed by atoms with E-state index in [9.17, 15) is 22.8 Å². The Bertz CT molecular complexity index is 1160. The highest BCUT2D eigenvalue weighted by Crippen LogP contribution is 2.29. The third-order valence-corrected chi connectivity index (χ3v) is 6.14. The van der Waals surface area contributed by atoms with E-state index in [0.717, 1.165) is 0 Å². The van der Waals surface area contributed by atoms with Crippen molar-refractivity contribution in [1.29, 1.82) is 0 Å². The quantitative estimate of drug-likeness (QED) is 0.738. The number of nitrogens with one attached hydrogen (secondary N) is 2. The molecule has 0 spiro atoms. The van der Waals surface area contributed by atoms with Crippen LogP contribution in [0.1, 0.15) is 37.0 Å². The van der Waals surface area contributed by atoms with Gasteiger partial charge in [-0.25, -0.2) is 13.4 Å². The van der Waals surface area contributed by atoms with Crippen molar-refractivity contribution in [3.05, 3.63) is 69.8 Å². The van der Waals surface area contributed by atoms with Gasteiger partial charge in [-0.2, -0.15) is 0 Å². The third-order valence-electron chi connectivity index (χ3n) is 4.39. The van der Waals surface area contributed by atoms with E-state index in [-0.39, 0.29) is 41.5 Å². The summed E-state index contributed by atoms with van der Waals surface area (Å²) in [4.78, 5) is 45.3. The lowest BCUT2D eigenvalue weighted by Gasteiger charge is -2.25. The van der Waals surface area contributed by atoms with Gasteiger partial charge in [0.1, 0.15) is 22.0 Å². The zero-order chi connectivity index (χ0) is 19.9. The monoisotopic (exact) mass is 398 g/mol. The first kappa shape index (κ1) is 18.0. The highest BCUT2D eigenvalue weighted by Gasteiger charge is 2.42. The molecule has 1 aliphatic carbocycles. The van der Waals surface area contributed by atoms with Crippen LogP contribution in [0.2, 0.25) is 0 Å². The molecule has 0 radical (unpaired) electrons. The molecule has 0 saturated heterocycles. The summed E-state index contributed by atoms with van der Waals surface area (Å²) < 4.78 is 24.4. The molecule has 10 heteroatoms. The van der Waals surface area contributed by atoms with Crippen molar-refractivity contribution >= 4 is 27.3 Å². The lowest BCUT2D eigenvalue weighted by molar-refractivity contribution is 0.0940. The third kappa shape index (κ3) is 2.97. The summed E-state index contributed by atoms with van der Waals surface area (Å²) in [5.74, 6) is -2.31. The summed E-state index contributed by atoms with van der Waals surface area (Å²) in [7, 11) is -3.84. The summed E-state index contributed by atoms with van der Waals surface area (Å²) in [5, 5.41) is 5.31. The van der Waals surface area contributed by atoms with Gasteiger partial charge in [-0.3, -0.25) is 19.4 Å². The summed E-state index contributed by atoms with van der Waals surface area (Å²) >= 11 is 0. The molecule has 0 saturated carbocycles. The Morgan fingerprint density at radius 1 is 1.14 bits per heavy atom. The van der Waals surface area contributed by atoms with Gasteiger partial charge in [-0.05, 0) is 24.3 Å². The van der Waals surface area contributed by atoms with Crippen LogP contribution in [-0.4, -0.2) is 48.2 Å². The second-order valence-electron chi connectivity index (χ2n) is 6.20. The average Bonchev–Trinajstić information content (AvgIpc) is 2.69. The number of rotatable bonds is 3. The van der Waals surface area contributed by atoms with Crippen LogP contribution in [0.5, 0.6) is 0 Å². The van der Waals surface area contributed by atoms with Gasteiger partial charge < -0.3 is 10.6 Å². The number of ketones is 2. The maximum absolute atomic E-state index is 12.7. The number of hydrogen-bond donors (Lipinski definition) is 2. The van der Waals surface area contributed by atoms with Crippen molar-refractivity contribution in [3.8, 4) is 0 Å². The van der Waals surface area contributed by atoms with E-state index in [1.165, 1.54) is 12.1 Å². The molecule has 2 aromatic rings. The number of hydrogen-bond acceptors (Lipinski definition) is 8. The molecule has 3 heterocycles. The molecule has 4 rings (SSSR count). The number of pyridine rings is 2. The van der Waals surface area contributed by atoms with Crippen molar-refractivity contribution in [2.45, 2.75) is 6.54 Å². The maximum Gasteiger partial charge on any atom is 0.270 e. The van der Waals surface area contributed by atoms with Crippen LogP contribution in [0.4, 0.5) is 0 Å². The summed E-state index contributed by atoms with van der Waals surface area (Å²) in [6.45, 7) is 0.195. The van der Waals surface area contributed by atoms with Gasteiger partial charge in [0.15, 0.2) is 9.84 Å². The molecular weight excluding hydrogens is 384 g/mol. The second-order valence-corrected chi connectivity index (χ2v) is 8.25. The molecule has 1 amide bonds. The van der Waals surface area contributed by atoms with Crippen LogP contribution in [0.15, 0.2) is 47.1 Å². The van der Waals surface area contributed by atoms with E-state index in [4.69, 9.17) is 0 Å². The average molecular weight is 398 g/mol. The Hall–Kier alpha value is -3.40. The molecule has 0 bridgehead atoms. The van der Waals surface area contributed by atoms with E-state index in [1.54, 1.807) is 24.4 Å². The smallest absolute Gasteiger partial charge is 0.270 e. The zero-order valence-corrected chi connectivity index (χ0v) is 15.2. The van der Waals surface area contributed by atoms with Crippen LogP contribution >= 0.6 is 0 Å². The van der Waals surface area contributed by atoms with Crippen LogP contribution in [0, 0.1) is 0 Å². The fraction of sp³-hybridized carbons (Fsp3) is 0.167. The Morgan fingerprint density at radius 2 is 1.96 bits per heavy atom. The number of carbonyl (C=O) groups excluding carboxylic acids is 3. The first-order chi connectivity index (χ1) is 13.4. The fourth-order valence-corrected chi connectivity index (χ4v) is 4.48. The lowest BCUT2D eigenvalue weighted by atomic mass is 9.96. The van der Waals surface area contributed by atoms with Crippen molar-refractivity contribution in [1.82, 2.24) is 20.6 Å². The molecule has 0 atom stereocenters. The number of fused-ring (bicyclic) bond motifs is 1. The molecule has 2 aromatic heterocycles. The van der Waals surface area contributed by atoms with Crippen LogP contribution in [0.25, 0.3) is 0 Å². The van der Waals surface area contributed by atoms with E-state index in [2.05, 4.69) is 20.6 Å². The van der Waals surface area contributed by atoms with Gasteiger partial charge in [0.25, 0.3) is 5.91 Å². The summed E-state index contributed by atoms with van der Waals surface area (Å²) in [6, 6.07) is 7.82. The van der Waals surface area contributed by atoms with E-state index < -0.39 is 32.2 Å². The molecule has 2 aliphatic rings. The van der Waals surface area contributed by atoms with Gasteiger partial charge in [0.05, 0.1) is 23.6 Å². The minimum Gasteiger partial charge on any atom is -0.380 e. The predicted molar refractivity (Wildman–Crippen MR) is 97.1 cm³/mol. The highest BCUT2D eigenvalue weighted by atomic mass is 32.2. The zero-order valence-electron chi connectivity index (χ0n) is 14.4. The van der Waals surface area contributed by atoms with Crippen LogP contribution in [0.3, 0.4) is 0 Å². The highest BCUT2D eigenvalue weighted by molar-refractivity contribution is 7.96. The summed E-state index contributed by atoms with van der Waals surface area (Å²) in [6.07, 6.45) is 1.60. The molecule has 1 aliphatic heterocycles. The number of allylic oxidation sites excluding steroid dienone is 2. The van der Waals surface area contributed by atoms with Gasteiger partial charge in [0.2, 0.25) is 11.6 Å². The molecule has 2 N–H and O–H groups in total. The van der Waals surface area contributed by atoms with Gasteiger partial charge >= 0.3 is 0 Å². The second kappa shape index (κ2) is 6.64. The molecule has 28 heavy (non-hydrogen) atoms. The van der Waals surface area contributed by atoms with E-state index in [0.29, 0.717) is 5.69 Å². The van der Waals surface area contributed by atoms with Gasteiger partial charge in [0, 0.05) is 12.7 Å². The minimum atomic E-state index is -3.84. The molecule has 9 nitrogen and oxygen atoms in total. The van der Waals surface area contributed by atoms with Crippen LogP contribution < -0.4 is 10.6 Å². The molecule has 0 aromatic carbocycles. The standard InChI is InChI=1S/C18H14N4O5S/c23-15-11-4-5-12(18(25)21-9-10-3-1-2-6-19-10)22-13(11)16(24)14-17(15)28(26,27)8-7-20-14/h1-6,20H,7-9H2,(H,21,25). The predicted octanol–water partition coefficient (Wildman–Crippen LogP) is 0.0152. The number of Topliss-reactive ketones (excluding diaryl/α,β-unsaturated/α-hetero) is 2. The number of sulfone groups is 1. The van der Waals surface area contributed by atoms with Crippen LogP contribution in [-0.2, 0) is 16.4 Å². The fourth-order valence-electron chi connectivity index (χ4n) is 3.03. The Kier molecular flexibility index (Phi) is 4.27. The number of nitrogens with zero attached hydrogens (tertiary/aromatic N) is 2. The normalized spacial score (nSPS) is 17.4. The molecule has 142 valence electrons. The number of amides is 1.